The van der Waals surface area contributed by atoms with Crippen LogP contribution in [0.3, 0.4) is 0 Å². The first-order chi connectivity index (χ1) is 8.63. The Morgan fingerprint density at radius 2 is 1.72 bits per heavy atom. The van der Waals surface area contributed by atoms with Crippen molar-refractivity contribution >= 4 is 0 Å². The van der Waals surface area contributed by atoms with E-state index in [1.165, 1.54) is 58.0 Å². The van der Waals surface area contributed by atoms with E-state index in [0.29, 0.717) is 6.04 Å². The van der Waals surface area contributed by atoms with Crippen LogP contribution in [0.4, 0.5) is 0 Å². The second kappa shape index (κ2) is 12.0. The summed E-state index contributed by atoms with van der Waals surface area (Å²) >= 11 is 0. The average molecular weight is 256 g/mol. The van der Waals surface area contributed by atoms with E-state index in [4.69, 9.17) is 0 Å². The van der Waals surface area contributed by atoms with Gasteiger partial charge in [-0.3, -0.25) is 0 Å². The molecule has 0 bridgehead atoms. The normalized spacial score (nSPS) is 15.0. The zero-order chi connectivity index (χ0) is 13.8. The van der Waals surface area contributed by atoms with Crippen LogP contribution in [0.2, 0.25) is 0 Å². The molecule has 0 fully saturated rings. The number of hydrogen-bond donors (Lipinski definition) is 1. The molecule has 0 aliphatic carbocycles. The summed E-state index contributed by atoms with van der Waals surface area (Å²) in [5.41, 5.74) is 0. The fourth-order valence-corrected chi connectivity index (χ4v) is 2.45. The average Bonchev–Trinajstić information content (AvgIpc) is 2.36. The van der Waals surface area contributed by atoms with Crippen LogP contribution in [-0.2, 0) is 0 Å². The zero-order valence-electron chi connectivity index (χ0n) is 13.5. The number of nitrogens with zero attached hydrogens (tertiary/aromatic N) is 1. The Bertz CT molecular complexity index is 168. The van der Waals surface area contributed by atoms with Crippen LogP contribution in [0.5, 0.6) is 0 Å². The molecule has 2 unspecified atom stereocenters. The minimum atomic E-state index is 0.717. The van der Waals surface area contributed by atoms with E-state index in [1.54, 1.807) is 0 Å². The van der Waals surface area contributed by atoms with E-state index >= 15 is 0 Å². The maximum absolute atomic E-state index is 3.74. The highest BCUT2D eigenvalue weighted by Gasteiger charge is 2.14. The summed E-state index contributed by atoms with van der Waals surface area (Å²) < 4.78 is 0. The molecule has 0 aromatic carbocycles. The first kappa shape index (κ1) is 17.9. The molecule has 18 heavy (non-hydrogen) atoms. The van der Waals surface area contributed by atoms with Gasteiger partial charge in [0.2, 0.25) is 0 Å². The molecule has 0 saturated carbocycles. The molecule has 2 atom stereocenters. The number of nitrogens with one attached hydrogen (secondary N) is 1. The van der Waals surface area contributed by atoms with Crippen LogP contribution in [0.15, 0.2) is 0 Å². The van der Waals surface area contributed by atoms with Crippen molar-refractivity contribution < 1.29 is 0 Å². The summed E-state index contributed by atoms with van der Waals surface area (Å²) in [6.45, 7) is 9.27. The fourth-order valence-electron chi connectivity index (χ4n) is 2.45. The summed E-state index contributed by atoms with van der Waals surface area (Å²) in [5, 5.41) is 3.74. The van der Waals surface area contributed by atoms with Crippen molar-refractivity contribution in [2.45, 2.75) is 71.8 Å². The topological polar surface area (TPSA) is 15.3 Å². The monoisotopic (exact) mass is 256 g/mol. The van der Waals surface area contributed by atoms with Crippen molar-refractivity contribution in [1.29, 1.82) is 0 Å². The Balaban J connectivity index is 4.07. The summed E-state index contributed by atoms with van der Waals surface area (Å²) in [6, 6.07) is 0.717. The standard InChI is InChI=1S/C16H36N2/c1-6-9-10-15(8-3)14-16(17-12-7-2)11-13-18(4)5/h15-17H,6-14H2,1-5H3. The van der Waals surface area contributed by atoms with Gasteiger partial charge in [-0.15, -0.1) is 0 Å². The maximum atomic E-state index is 3.74. The Morgan fingerprint density at radius 1 is 1.00 bits per heavy atom. The smallest absolute Gasteiger partial charge is 0.00818 e. The minimum absolute atomic E-state index is 0.717. The lowest BCUT2D eigenvalue weighted by atomic mass is 9.91. The molecule has 0 saturated heterocycles. The quantitative estimate of drug-likeness (QED) is 0.569. The number of rotatable bonds is 12. The van der Waals surface area contributed by atoms with Crippen molar-refractivity contribution in [3.63, 3.8) is 0 Å². The van der Waals surface area contributed by atoms with Crippen LogP contribution >= 0.6 is 0 Å². The molecule has 0 amide bonds. The second-order valence-electron chi connectivity index (χ2n) is 5.90. The summed E-state index contributed by atoms with van der Waals surface area (Å²) in [7, 11) is 4.34. The van der Waals surface area contributed by atoms with E-state index in [1.807, 2.05) is 0 Å². The van der Waals surface area contributed by atoms with Gasteiger partial charge in [0.15, 0.2) is 0 Å². The van der Waals surface area contributed by atoms with Gasteiger partial charge >= 0.3 is 0 Å². The van der Waals surface area contributed by atoms with Crippen LogP contribution in [0.1, 0.15) is 65.7 Å². The van der Waals surface area contributed by atoms with Gasteiger partial charge in [0, 0.05) is 6.04 Å². The largest absolute Gasteiger partial charge is 0.314 e. The van der Waals surface area contributed by atoms with Crippen molar-refractivity contribution in [3.8, 4) is 0 Å². The summed E-state index contributed by atoms with van der Waals surface area (Å²) in [4.78, 5) is 2.30. The Hall–Kier alpha value is -0.0800. The molecule has 0 aliphatic rings. The molecule has 1 N–H and O–H groups in total. The van der Waals surface area contributed by atoms with Gasteiger partial charge in [0.25, 0.3) is 0 Å². The second-order valence-corrected chi connectivity index (χ2v) is 5.90. The first-order valence-corrected chi connectivity index (χ1v) is 8.02. The van der Waals surface area contributed by atoms with E-state index in [0.717, 1.165) is 5.92 Å². The van der Waals surface area contributed by atoms with E-state index in [2.05, 4.69) is 45.1 Å². The lowest BCUT2D eigenvalue weighted by molar-refractivity contribution is 0.303. The molecule has 0 aliphatic heterocycles. The van der Waals surface area contributed by atoms with Gasteiger partial charge in [0.05, 0.1) is 0 Å². The summed E-state index contributed by atoms with van der Waals surface area (Å²) in [6.07, 6.45) is 9.38. The fraction of sp³-hybridized carbons (Fsp3) is 1.00. The Labute approximate surface area is 116 Å². The molecule has 110 valence electrons. The third kappa shape index (κ3) is 9.90. The molecular formula is C16H36N2. The molecule has 0 aromatic heterocycles. The molecule has 2 nitrogen and oxygen atoms in total. The third-order valence-corrected chi connectivity index (χ3v) is 3.77. The number of unbranched alkanes of at least 4 members (excludes halogenated alkanes) is 1. The molecule has 0 radical (unpaired) electrons. The molecule has 0 rings (SSSR count). The van der Waals surface area contributed by atoms with Gasteiger partial charge in [0.1, 0.15) is 0 Å². The van der Waals surface area contributed by atoms with Crippen LogP contribution in [0.25, 0.3) is 0 Å². The molecular weight excluding hydrogens is 220 g/mol. The predicted octanol–water partition coefficient (Wildman–Crippen LogP) is 3.91. The Kier molecular flexibility index (Phi) is 11.9. The lowest BCUT2D eigenvalue weighted by Gasteiger charge is -2.25. The van der Waals surface area contributed by atoms with Gasteiger partial charge < -0.3 is 10.2 Å². The minimum Gasteiger partial charge on any atom is -0.314 e. The molecule has 0 heterocycles. The highest BCUT2D eigenvalue weighted by Crippen LogP contribution is 2.20. The predicted molar refractivity (Wildman–Crippen MR) is 83.2 cm³/mol. The first-order valence-electron chi connectivity index (χ1n) is 8.02. The van der Waals surface area contributed by atoms with Gasteiger partial charge in [-0.05, 0) is 52.4 Å². The van der Waals surface area contributed by atoms with Gasteiger partial charge in [-0.25, -0.2) is 0 Å². The summed E-state index contributed by atoms with van der Waals surface area (Å²) in [5.74, 6) is 0.918. The van der Waals surface area contributed by atoms with E-state index in [9.17, 15) is 0 Å². The lowest BCUT2D eigenvalue weighted by Crippen LogP contribution is -2.34. The van der Waals surface area contributed by atoms with Crippen molar-refractivity contribution in [1.82, 2.24) is 10.2 Å². The highest BCUT2D eigenvalue weighted by atomic mass is 15.1. The van der Waals surface area contributed by atoms with Crippen LogP contribution in [-0.4, -0.2) is 38.1 Å². The van der Waals surface area contributed by atoms with Crippen LogP contribution < -0.4 is 5.32 Å². The van der Waals surface area contributed by atoms with Crippen molar-refractivity contribution in [3.05, 3.63) is 0 Å². The maximum Gasteiger partial charge on any atom is 0.00818 e. The van der Waals surface area contributed by atoms with Crippen molar-refractivity contribution in [2.24, 2.45) is 5.92 Å². The van der Waals surface area contributed by atoms with Gasteiger partial charge in [-0.2, -0.15) is 0 Å². The van der Waals surface area contributed by atoms with E-state index in [-0.39, 0.29) is 0 Å². The number of hydrogen-bond acceptors (Lipinski definition) is 2. The zero-order valence-corrected chi connectivity index (χ0v) is 13.5. The van der Waals surface area contributed by atoms with E-state index < -0.39 is 0 Å². The molecule has 0 spiro atoms. The molecule has 0 aromatic rings. The molecule has 2 heteroatoms. The van der Waals surface area contributed by atoms with Crippen molar-refractivity contribution in [2.75, 3.05) is 27.2 Å². The van der Waals surface area contributed by atoms with Crippen LogP contribution in [0, 0.1) is 5.92 Å². The SMILES string of the molecule is CCCCC(CC)CC(CCN(C)C)NCCC. The van der Waals surface area contributed by atoms with Gasteiger partial charge in [-0.1, -0.05) is 46.5 Å². The highest BCUT2D eigenvalue weighted by molar-refractivity contribution is 4.72. The third-order valence-electron chi connectivity index (χ3n) is 3.77. The Morgan fingerprint density at radius 3 is 2.22 bits per heavy atom.